The maximum absolute atomic E-state index is 6.00. The van der Waals surface area contributed by atoms with Crippen molar-refractivity contribution in [3.05, 3.63) is 33.5 Å². The Kier molecular flexibility index (Phi) is 5.02. The Labute approximate surface area is 132 Å². The van der Waals surface area contributed by atoms with Crippen molar-refractivity contribution >= 4 is 40.8 Å². The van der Waals surface area contributed by atoms with Gasteiger partial charge < -0.3 is 4.90 Å². The lowest BCUT2D eigenvalue weighted by atomic mass is 10.2. The molecule has 4 nitrogen and oxygen atoms in total. The van der Waals surface area contributed by atoms with Crippen molar-refractivity contribution in [2.75, 3.05) is 18.0 Å². The number of rotatable bonds is 4. The Morgan fingerprint density at radius 2 is 1.50 bits per heavy atom. The van der Waals surface area contributed by atoms with Crippen LogP contribution in [0, 0.1) is 0 Å². The van der Waals surface area contributed by atoms with Gasteiger partial charge in [0, 0.05) is 28.7 Å². The third kappa shape index (κ3) is 3.51. The van der Waals surface area contributed by atoms with E-state index >= 15 is 0 Å². The molecule has 0 aliphatic carbocycles. The van der Waals surface area contributed by atoms with Crippen LogP contribution < -0.4 is 4.90 Å². The summed E-state index contributed by atoms with van der Waals surface area (Å²) < 4.78 is 0. The van der Waals surface area contributed by atoms with Crippen molar-refractivity contribution < 1.29 is 0 Å². The Morgan fingerprint density at radius 3 is 2.05 bits per heavy atom. The van der Waals surface area contributed by atoms with E-state index in [0.29, 0.717) is 27.4 Å². The second-order valence-corrected chi connectivity index (χ2v) is 5.27. The van der Waals surface area contributed by atoms with E-state index < -0.39 is 0 Å². The lowest BCUT2D eigenvalue weighted by Gasteiger charge is -2.18. The molecule has 0 saturated heterocycles. The van der Waals surface area contributed by atoms with E-state index in [4.69, 9.17) is 34.8 Å². The number of hydrogen-bond acceptors (Lipinski definition) is 4. The fourth-order valence-corrected chi connectivity index (χ4v) is 2.48. The molecular weight excluding hydrogens is 319 g/mol. The molecule has 2 rings (SSSR count). The molecule has 0 fully saturated rings. The van der Waals surface area contributed by atoms with Crippen molar-refractivity contribution in [1.29, 1.82) is 0 Å². The van der Waals surface area contributed by atoms with Crippen LogP contribution in [0.25, 0.3) is 11.4 Å². The fraction of sp³-hybridized carbons (Fsp3) is 0.308. The topological polar surface area (TPSA) is 41.9 Å². The summed E-state index contributed by atoms with van der Waals surface area (Å²) in [5.41, 5.74) is 0.709. The molecule has 0 spiro atoms. The fourth-order valence-electron chi connectivity index (χ4n) is 1.80. The van der Waals surface area contributed by atoms with Crippen molar-refractivity contribution in [1.82, 2.24) is 15.0 Å². The minimum Gasteiger partial charge on any atom is -0.341 e. The van der Waals surface area contributed by atoms with E-state index in [2.05, 4.69) is 15.0 Å². The van der Waals surface area contributed by atoms with Crippen LogP contribution in [0.5, 0.6) is 0 Å². The average molecular weight is 332 g/mol. The van der Waals surface area contributed by atoms with Gasteiger partial charge in [0.05, 0.1) is 0 Å². The van der Waals surface area contributed by atoms with Gasteiger partial charge in [0.25, 0.3) is 0 Å². The maximum atomic E-state index is 6.00. The number of hydrogen-bond donors (Lipinski definition) is 0. The highest BCUT2D eigenvalue weighted by Crippen LogP contribution is 2.26. The predicted octanol–water partition coefficient (Wildman–Crippen LogP) is 4.35. The van der Waals surface area contributed by atoms with Gasteiger partial charge in [-0.1, -0.05) is 23.2 Å². The van der Waals surface area contributed by atoms with Crippen molar-refractivity contribution in [2.24, 2.45) is 0 Å². The van der Waals surface area contributed by atoms with E-state index in [-0.39, 0.29) is 5.28 Å². The molecule has 0 atom stereocenters. The zero-order valence-electron chi connectivity index (χ0n) is 11.1. The maximum Gasteiger partial charge on any atom is 0.230 e. The van der Waals surface area contributed by atoms with Crippen LogP contribution >= 0.6 is 34.8 Å². The molecule has 0 saturated carbocycles. The summed E-state index contributed by atoms with van der Waals surface area (Å²) in [6.45, 7) is 5.62. The molecule has 20 heavy (non-hydrogen) atoms. The third-order valence-corrected chi connectivity index (χ3v) is 3.37. The predicted molar refractivity (Wildman–Crippen MR) is 83.9 cm³/mol. The molecule has 7 heteroatoms. The second-order valence-electron chi connectivity index (χ2n) is 4.06. The monoisotopic (exact) mass is 330 g/mol. The molecule has 0 amide bonds. The largest absolute Gasteiger partial charge is 0.341 e. The molecule has 0 radical (unpaired) electrons. The van der Waals surface area contributed by atoms with Crippen LogP contribution in [0.15, 0.2) is 18.2 Å². The minimum atomic E-state index is 0.146. The van der Waals surface area contributed by atoms with Crippen LogP contribution in [-0.4, -0.2) is 28.0 Å². The minimum absolute atomic E-state index is 0.146. The lowest BCUT2D eigenvalue weighted by Crippen LogP contribution is -2.24. The van der Waals surface area contributed by atoms with E-state index in [1.165, 1.54) is 0 Å². The number of benzene rings is 1. The van der Waals surface area contributed by atoms with Gasteiger partial charge >= 0.3 is 0 Å². The van der Waals surface area contributed by atoms with Gasteiger partial charge in [-0.05, 0) is 43.6 Å². The second kappa shape index (κ2) is 6.57. The van der Waals surface area contributed by atoms with Gasteiger partial charge in [-0.25, -0.2) is 0 Å². The molecule has 2 aromatic rings. The van der Waals surface area contributed by atoms with Crippen molar-refractivity contribution in [2.45, 2.75) is 13.8 Å². The molecule has 106 valence electrons. The van der Waals surface area contributed by atoms with Crippen LogP contribution in [-0.2, 0) is 0 Å². The van der Waals surface area contributed by atoms with Crippen LogP contribution in [0.4, 0.5) is 5.95 Å². The summed E-state index contributed by atoms with van der Waals surface area (Å²) in [4.78, 5) is 14.7. The Bertz CT molecular complexity index is 594. The van der Waals surface area contributed by atoms with Gasteiger partial charge in [0.1, 0.15) is 0 Å². The van der Waals surface area contributed by atoms with Crippen molar-refractivity contribution in [3.8, 4) is 11.4 Å². The summed E-state index contributed by atoms with van der Waals surface area (Å²) in [5.74, 6) is 0.998. The summed E-state index contributed by atoms with van der Waals surface area (Å²) in [6.07, 6.45) is 0. The Hall–Kier alpha value is -1.10. The SMILES string of the molecule is CCN(CC)c1nc(Cl)nc(-c2cc(Cl)cc(Cl)c2)n1. The Balaban J connectivity index is 2.51. The summed E-state index contributed by atoms with van der Waals surface area (Å²) in [6, 6.07) is 5.14. The van der Waals surface area contributed by atoms with E-state index in [0.717, 1.165) is 13.1 Å². The van der Waals surface area contributed by atoms with Gasteiger partial charge in [-0.2, -0.15) is 15.0 Å². The molecule has 0 aliphatic rings. The first kappa shape index (κ1) is 15.3. The molecule has 0 unspecified atom stereocenters. The van der Waals surface area contributed by atoms with Crippen LogP contribution in [0.3, 0.4) is 0 Å². The lowest BCUT2D eigenvalue weighted by molar-refractivity contribution is 0.813. The molecule has 0 bridgehead atoms. The smallest absolute Gasteiger partial charge is 0.230 e. The van der Waals surface area contributed by atoms with E-state index in [1.807, 2.05) is 18.7 Å². The molecular formula is C13H13Cl3N4. The molecule has 1 aromatic heterocycles. The number of nitrogens with zero attached hydrogens (tertiary/aromatic N) is 4. The zero-order chi connectivity index (χ0) is 14.7. The van der Waals surface area contributed by atoms with E-state index in [9.17, 15) is 0 Å². The highest BCUT2D eigenvalue weighted by Gasteiger charge is 2.12. The van der Waals surface area contributed by atoms with Crippen molar-refractivity contribution in [3.63, 3.8) is 0 Å². The average Bonchev–Trinajstić information content (AvgIpc) is 2.38. The van der Waals surface area contributed by atoms with Crippen LogP contribution in [0.1, 0.15) is 13.8 Å². The van der Waals surface area contributed by atoms with Gasteiger partial charge in [0.2, 0.25) is 11.2 Å². The van der Waals surface area contributed by atoms with E-state index in [1.54, 1.807) is 18.2 Å². The summed E-state index contributed by atoms with van der Waals surface area (Å²) in [7, 11) is 0. The molecule has 1 aromatic carbocycles. The molecule has 0 N–H and O–H groups in total. The first-order chi connectivity index (χ1) is 9.53. The third-order valence-electron chi connectivity index (χ3n) is 2.76. The quantitative estimate of drug-likeness (QED) is 0.835. The summed E-state index contributed by atoms with van der Waals surface area (Å²) >= 11 is 18.0. The number of halogens is 3. The molecule has 1 heterocycles. The number of aromatic nitrogens is 3. The van der Waals surface area contributed by atoms with Gasteiger partial charge in [-0.3, -0.25) is 0 Å². The van der Waals surface area contributed by atoms with Gasteiger partial charge in [0.15, 0.2) is 5.82 Å². The van der Waals surface area contributed by atoms with Gasteiger partial charge in [-0.15, -0.1) is 0 Å². The first-order valence-electron chi connectivity index (χ1n) is 6.16. The Morgan fingerprint density at radius 1 is 0.900 bits per heavy atom. The highest BCUT2D eigenvalue weighted by atomic mass is 35.5. The highest BCUT2D eigenvalue weighted by molar-refractivity contribution is 6.35. The standard InChI is InChI=1S/C13H13Cl3N4/c1-3-20(4-2)13-18-11(17-12(16)19-13)8-5-9(14)7-10(15)6-8/h5-7H,3-4H2,1-2H3. The number of anilines is 1. The summed E-state index contributed by atoms with van der Waals surface area (Å²) in [5, 5.41) is 1.19. The molecule has 0 aliphatic heterocycles. The van der Waals surface area contributed by atoms with Crippen LogP contribution in [0.2, 0.25) is 15.3 Å². The normalized spacial score (nSPS) is 10.7. The zero-order valence-corrected chi connectivity index (χ0v) is 13.3. The first-order valence-corrected chi connectivity index (χ1v) is 7.29.